The first-order chi connectivity index (χ1) is 8.71. The summed E-state index contributed by atoms with van der Waals surface area (Å²) in [6.07, 6.45) is 15.6. The van der Waals surface area contributed by atoms with E-state index >= 15 is 0 Å². The highest BCUT2D eigenvalue weighted by Gasteiger charge is 2.49. The second-order valence-electron chi connectivity index (χ2n) is 7.21. The summed E-state index contributed by atoms with van der Waals surface area (Å²) in [4.78, 5) is 2.76. The zero-order chi connectivity index (χ0) is 12.6. The molecule has 0 aromatic heterocycles. The average Bonchev–Trinajstić information content (AvgIpc) is 2.39. The molecule has 3 rings (SSSR count). The van der Waals surface area contributed by atoms with Crippen LogP contribution in [0.1, 0.15) is 70.6 Å². The molecule has 2 N–H and O–H groups in total. The zero-order valence-electron chi connectivity index (χ0n) is 12.0. The molecule has 0 aromatic carbocycles. The van der Waals surface area contributed by atoms with Crippen LogP contribution in [-0.4, -0.2) is 30.1 Å². The standard InChI is InChI=1S/C16H30N2/c1-18(14-7-5-13(17)6-8-14)15-9-12-16(15)10-3-2-4-11-16/h13-15H,2-12,17H2,1H3. The van der Waals surface area contributed by atoms with Gasteiger partial charge < -0.3 is 5.73 Å². The van der Waals surface area contributed by atoms with E-state index < -0.39 is 0 Å². The van der Waals surface area contributed by atoms with Gasteiger partial charge in [-0.05, 0) is 63.8 Å². The quantitative estimate of drug-likeness (QED) is 0.815. The molecule has 0 amide bonds. The molecule has 104 valence electrons. The van der Waals surface area contributed by atoms with Gasteiger partial charge in [-0.15, -0.1) is 0 Å². The SMILES string of the molecule is CN(C1CCC(N)CC1)C1CCC12CCCCC2. The first kappa shape index (κ1) is 12.9. The Morgan fingerprint density at radius 2 is 1.56 bits per heavy atom. The summed E-state index contributed by atoms with van der Waals surface area (Å²) in [6, 6.07) is 2.21. The summed E-state index contributed by atoms with van der Waals surface area (Å²) in [5.74, 6) is 0. The average molecular weight is 250 g/mol. The fourth-order valence-electron chi connectivity index (χ4n) is 4.92. The highest BCUT2D eigenvalue weighted by atomic mass is 15.2. The maximum Gasteiger partial charge on any atom is 0.0152 e. The van der Waals surface area contributed by atoms with Gasteiger partial charge in [0, 0.05) is 18.1 Å². The Morgan fingerprint density at radius 3 is 2.11 bits per heavy atom. The highest BCUT2D eigenvalue weighted by Crippen LogP contribution is 2.54. The summed E-state index contributed by atoms with van der Waals surface area (Å²) < 4.78 is 0. The molecule has 3 saturated carbocycles. The van der Waals surface area contributed by atoms with Crippen LogP contribution in [0.2, 0.25) is 0 Å². The zero-order valence-corrected chi connectivity index (χ0v) is 12.0. The predicted octanol–water partition coefficient (Wildman–Crippen LogP) is 3.30. The van der Waals surface area contributed by atoms with Gasteiger partial charge in [-0.1, -0.05) is 19.3 Å². The van der Waals surface area contributed by atoms with Crippen LogP contribution in [-0.2, 0) is 0 Å². The Hall–Kier alpha value is -0.0800. The van der Waals surface area contributed by atoms with Crippen molar-refractivity contribution in [3.05, 3.63) is 0 Å². The summed E-state index contributed by atoms with van der Waals surface area (Å²) >= 11 is 0. The summed E-state index contributed by atoms with van der Waals surface area (Å²) in [5.41, 5.74) is 6.77. The van der Waals surface area contributed by atoms with E-state index in [0.717, 1.165) is 17.5 Å². The fourth-order valence-corrected chi connectivity index (χ4v) is 4.92. The highest BCUT2D eigenvalue weighted by molar-refractivity contribution is 5.03. The summed E-state index contributed by atoms with van der Waals surface area (Å²) in [7, 11) is 2.40. The van der Waals surface area contributed by atoms with E-state index in [1.54, 1.807) is 0 Å². The third-order valence-electron chi connectivity index (χ3n) is 6.28. The van der Waals surface area contributed by atoms with Crippen molar-refractivity contribution < 1.29 is 0 Å². The van der Waals surface area contributed by atoms with Gasteiger partial charge in [-0.25, -0.2) is 0 Å². The Kier molecular flexibility index (Phi) is 3.68. The molecule has 0 aromatic rings. The van der Waals surface area contributed by atoms with E-state index in [2.05, 4.69) is 11.9 Å². The van der Waals surface area contributed by atoms with Crippen LogP contribution >= 0.6 is 0 Å². The molecule has 0 saturated heterocycles. The third-order valence-corrected chi connectivity index (χ3v) is 6.28. The molecule has 3 aliphatic carbocycles. The van der Waals surface area contributed by atoms with Crippen molar-refractivity contribution in [3.63, 3.8) is 0 Å². The molecule has 1 atom stereocenters. The largest absolute Gasteiger partial charge is 0.328 e. The monoisotopic (exact) mass is 250 g/mol. The molecule has 3 fully saturated rings. The van der Waals surface area contributed by atoms with Crippen molar-refractivity contribution in [1.29, 1.82) is 0 Å². The molecule has 2 heteroatoms. The molecule has 1 unspecified atom stereocenters. The van der Waals surface area contributed by atoms with Crippen molar-refractivity contribution in [1.82, 2.24) is 4.90 Å². The van der Waals surface area contributed by atoms with Crippen molar-refractivity contribution in [2.24, 2.45) is 11.1 Å². The van der Waals surface area contributed by atoms with Crippen LogP contribution in [0.15, 0.2) is 0 Å². The summed E-state index contributed by atoms with van der Waals surface area (Å²) in [6.45, 7) is 0. The maximum atomic E-state index is 6.04. The Labute approximate surface area is 112 Å². The van der Waals surface area contributed by atoms with Gasteiger partial charge in [0.2, 0.25) is 0 Å². The van der Waals surface area contributed by atoms with E-state index in [-0.39, 0.29) is 0 Å². The first-order valence-corrected chi connectivity index (χ1v) is 8.19. The molecule has 0 bridgehead atoms. The minimum atomic E-state index is 0.486. The van der Waals surface area contributed by atoms with Gasteiger partial charge in [0.05, 0.1) is 0 Å². The van der Waals surface area contributed by atoms with E-state index in [0.29, 0.717) is 6.04 Å². The van der Waals surface area contributed by atoms with Crippen LogP contribution < -0.4 is 5.73 Å². The lowest BCUT2D eigenvalue weighted by molar-refractivity contribution is -0.0642. The van der Waals surface area contributed by atoms with Gasteiger partial charge in [-0.3, -0.25) is 4.90 Å². The molecule has 3 aliphatic rings. The van der Waals surface area contributed by atoms with Crippen LogP contribution in [0.5, 0.6) is 0 Å². The number of hydrogen-bond acceptors (Lipinski definition) is 2. The van der Waals surface area contributed by atoms with Gasteiger partial charge in [0.1, 0.15) is 0 Å². The minimum Gasteiger partial charge on any atom is -0.328 e. The molecule has 0 aliphatic heterocycles. The number of nitrogens with two attached hydrogens (primary N) is 1. The Balaban J connectivity index is 1.60. The second kappa shape index (κ2) is 5.13. The second-order valence-corrected chi connectivity index (χ2v) is 7.21. The molecular weight excluding hydrogens is 220 g/mol. The van der Waals surface area contributed by atoms with Crippen molar-refractivity contribution in [3.8, 4) is 0 Å². The van der Waals surface area contributed by atoms with E-state index in [9.17, 15) is 0 Å². The number of nitrogens with zero attached hydrogens (tertiary/aromatic N) is 1. The van der Waals surface area contributed by atoms with Crippen LogP contribution in [0, 0.1) is 5.41 Å². The first-order valence-electron chi connectivity index (χ1n) is 8.19. The lowest BCUT2D eigenvalue weighted by Gasteiger charge is -2.57. The normalized spacial score (nSPS) is 39.8. The molecule has 0 heterocycles. The smallest absolute Gasteiger partial charge is 0.0152 e. The van der Waals surface area contributed by atoms with Crippen molar-refractivity contribution in [2.45, 2.75) is 88.8 Å². The van der Waals surface area contributed by atoms with Crippen molar-refractivity contribution >= 4 is 0 Å². The lowest BCUT2D eigenvalue weighted by atomic mass is 9.56. The molecular formula is C16H30N2. The third kappa shape index (κ3) is 2.22. The Morgan fingerprint density at radius 1 is 0.889 bits per heavy atom. The molecule has 0 radical (unpaired) electrons. The van der Waals surface area contributed by atoms with Crippen LogP contribution in [0.25, 0.3) is 0 Å². The lowest BCUT2D eigenvalue weighted by Crippen LogP contribution is -2.58. The number of hydrogen-bond donors (Lipinski definition) is 1. The van der Waals surface area contributed by atoms with E-state index in [4.69, 9.17) is 5.73 Å². The summed E-state index contributed by atoms with van der Waals surface area (Å²) in [5, 5.41) is 0. The predicted molar refractivity (Wildman–Crippen MR) is 76.5 cm³/mol. The van der Waals surface area contributed by atoms with Gasteiger partial charge in [0.15, 0.2) is 0 Å². The maximum absolute atomic E-state index is 6.04. The van der Waals surface area contributed by atoms with E-state index in [1.165, 1.54) is 70.6 Å². The van der Waals surface area contributed by atoms with Crippen molar-refractivity contribution in [2.75, 3.05) is 7.05 Å². The topological polar surface area (TPSA) is 29.3 Å². The molecule has 18 heavy (non-hydrogen) atoms. The fraction of sp³-hybridized carbons (Fsp3) is 1.00. The van der Waals surface area contributed by atoms with Gasteiger partial charge in [0.25, 0.3) is 0 Å². The van der Waals surface area contributed by atoms with Gasteiger partial charge >= 0.3 is 0 Å². The van der Waals surface area contributed by atoms with E-state index in [1.807, 2.05) is 0 Å². The number of rotatable bonds is 2. The van der Waals surface area contributed by atoms with Crippen LogP contribution in [0.4, 0.5) is 0 Å². The molecule has 2 nitrogen and oxygen atoms in total. The van der Waals surface area contributed by atoms with Gasteiger partial charge in [-0.2, -0.15) is 0 Å². The Bertz CT molecular complexity index is 275. The minimum absolute atomic E-state index is 0.486. The molecule has 1 spiro atoms. The van der Waals surface area contributed by atoms with Crippen LogP contribution in [0.3, 0.4) is 0 Å².